The Labute approximate surface area is 861 Å². The molecule has 4 aliphatic heterocycles. The first-order valence-electron chi connectivity index (χ1n) is 51.9. The van der Waals surface area contributed by atoms with Crippen LogP contribution in [0, 0.1) is 0 Å². The lowest BCUT2D eigenvalue weighted by Gasteiger charge is -2.42. The Kier molecular flexibility index (Phi) is 57.7. The summed E-state index contributed by atoms with van der Waals surface area (Å²) in [5.41, 5.74) is -2.08. The fraction of sp³-hybridized carbons (Fsp3) is 0.860. The maximum atomic E-state index is 13.9. The minimum absolute atomic E-state index is 0.0703. The Bertz CT molecular complexity index is 3790. The molecule has 0 spiro atoms. The first-order chi connectivity index (χ1) is 65.7. The average molecular weight is 2080 g/mol. The first-order valence-corrected chi connectivity index (χ1v) is 51.9. The van der Waals surface area contributed by atoms with Crippen LogP contribution in [-0.4, -0.2) is 378 Å². The van der Waals surface area contributed by atoms with Gasteiger partial charge >= 0.3 is 0 Å². The number of piperazine rings is 4. The number of unbranched alkanes of at least 4 members (excludes halogenated alkanes) is 2. The molecular weight excluding hydrogens is 1880 g/mol. The van der Waals surface area contributed by atoms with Gasteiger partial charge in [0, 0.05) is 176 Å². The standard InChI is InChI=1S/C21H36F2N4O2.C21H42F2N2O3.C20H34F2N4O.C18H36F2N2O2.C16H26F2N2O.C11H23F2NO/c1-17(2)28-13-12-26-8-10-27(11-9-26)19-7-6-18(14-24-19)29-16-21(22,23)15-25-20(3,4)5;1-19(2,3)27-16-14-25-12-10-24(11-13-25)9-7-8-15-26-17-21(22,23)18-28-20(4,5)6;1-18(2,3)24-14-20(21,22)15-27-16-7-8-17(23-13-16)25-9-11-26(12-10-25)19(4,5)6;1-16(2)22-11-9-21(10-12-22)8-6-7-13-23-14-18(19,20)15-24-17(3,4)5;1-14(2,3)13-8-7-12(9-19-13)21-11-16(17,18)10-20-15(4,5)6;1-9(2,3)14-7-11(12,13)8-15-10(4,5)6/h6-7,14,17,25H,8-13,15-16H2,1-5H3;7-18H2,1-6H3;7-8,13,24H,9-12,14-15H2,1-6H3;16H,6-15H2,1-5H3;7-9,20H,10-11H2,1-6H3;14H,7-8H2,1-6H3. The average Bonchev–Trinajstić information content (AvgIpc) is 0.827. The molecule has 4 fully saturated rings. The zero-order chi connectivity index (χ0) is 110. The van der Waals surface area contributed by atoms with Crippen molar-refractivity contribution in [3.8, 4) is 17.2 Å². The number of aromatic nitrogens is 3. The van der Waals surface area contributed by atoms with Gasteiger partial charge in [0.1, 0.15) is 61.9 Å². The Balaban J connectivity index is 0.000000590. The topological polar surface area (TPSA) is 205 Å². The third kappa shape index (κ3) is 70.9. The molecule has 7 rings (SSSR count). The minimum Gasteiger partial charge on any atom is -0.486 e. The van der Waals surface area contributed by atoms with Crippen LogP contribution in [0.5, 0.6) is 17.2 Å². The number of pyridine rings is 3. The molecule has 0 aliphatic carbocycles. The van der Waals surface area contributed by atoms with Gasteiger partial charge in [-0.3, -0.25) is 24.6 Å². The van der Waals surface area contributed by atoms with Crippen LogP contribution in [-0.2, 0) is 38.6 Å². The summed E-state index contributed by atoms with van der Waals surface area (Å²) < 4.78 is 217. The number of anilines is 2. The fourth-order valence-electron chi connectivity index (χ4n) is 13.6. The molecule has 7 heterocycles. The Morgan fingerprint density at radius 3 is 0.875 bits per heavy atom. The number of ether oxygens (including phenoxy) is 10. The van der Waals surface area contributed by atoms with Crippen molar-refractivity contribution in [3.05, 3.63) is 60.7 Å². The predicted octanol–water partition coefficient (Wildman–Crippen LogP) is 20.0. The molecule has 25 nitrogen and oxygen atoms in total. The van der Waals surface area contributed by atoms with E-state index in [1.54, 1.807) is 86.6 Å². The second-order valence-corrected chi connectivity index (χ2v) is 49.0. The van der Waals surface area contributed by atoms with Gasteiger partial charge in [-0.25, -0.2) is 62.7 Å². The summed E-state index contributed by atoms with van der Waals surface area (Å²) in [4.78, 5) is 32.1. The fourth-order valence-corrected chi connectivity index (χ4v) is 13.6. The summed E-state index contributed by atoms with van der Waals surface area (Å²) >= 11 is 0. The van der Waals surface area contributed by atoms with Crippen molar-refractivity contribution in [1.29, 1.82) is 0 Å². The molecule has 0 amide bonds. The molecule has 844 valence electrons. The summed E-state index contributed by atoms with van der Waals surface area (Å²) in [6, 6.07) is 11.2. The monoisotopic (exact) mass is 2080 g/mol. The Morgan fingerprint density at radius 1 is 0.299 bits per heavy atom. The molecule has 0 atom stereocenters. The molecule has 3 aromatic heterocycles. The number of alkyl halides is 12. The second-order valence-electron chi connectivity index (χ2n) is 49.0. The van der Waals surface area contributed by atoms with Crippen molar-refractivity contribution in [2.24, 2.45) is 0 Å². The number of halogens is 12. The van der Waals surface area contributed by atoms with Crippen LogP contribution >= 0.6 is 0 Å². The molecule has 144 heavy (non-hydrogen) atoms. The summed E-state index contributed by atoms with van der Waals surface area (Å²) in [5, 5.41) is 11.2. The van der Waals surface area contributed by atoms with E-state index in [9.17, 15) is 52.7 Å². The van der Waals surface area contributed by atoms with Crippen LogP contribution in [0.2, 0.25) is 0 Å². The van der Waals surface area contributed by atoms with Gasteiger partial charge in [-0.05, 0) is 290 Å². The normalized spacial score (nSPS) is 16.6. The van der Waals surface area contributed by atoms with Crippen molar-refractivity contribution in [2.75, 3.05) is 246 Å². The quantitative estimate of drug-likeness (QED) is 0.0306. The van der Waals surface area contributed by atoms with Gasteiger partial charge in [0.25, 0.3) is 35.5 Å². The second kappa shape index (κ2) is 61.6. The van der Waals surface area contributed by atoms with Gasteiger partial charge in [0.05, 0.1) is 86.5 Å². The lowest BCUT2D eigenvalue weighted by Crippen LogP contribution is -2.53. The smallest absolute Gasteiger partial charge is 0.293 e. The predicted molar refractivity (Wildman–Crippen MR) is 561 cm³/mol. The lowest BCUT2D eigenvalue weighted by atomic mass is 9.92. The van der Waals surface area contributed by atoms with Crippen molar-refractivity contribution < 1.29 is 100 Å². The third-order valence-electron chi connectivity index (χ3n) is 22.3. The van der Waals surface area contributed by atoms with E-state index in [1.165, 1.54) is 18.6 Å². The highest BCUT2D eigenvalue weighted by molar-refractivity contribution is 5.42. The van der Waals surface area contributed by atoms with E-state index in [1.807, 2.05) is 130 Å². The van der Waals surface area contributed by atoms with Gasteiger partial charge in [0.15, 0.2) is 19.8 Å². The van der Waals surface area contributed by atoms with Crippen LogP contribution in [0.3, 0.4) is 0 Å². The molecule has 0 radical (unpaired) electrons. The van der Waals surface area contributed by atoms with Gasteiger partial charge in [0.2, 0.25) is 0 Å². The molecule has 3 aromatic rings. The molecule has 0 aromatic carbocycles. The maximum Gasteiger partial charge on any atom is 0.293 e. The summed E-state index contributed by atoms with van der Waals surface area (Å²) in [5.74, 6) is -14.7. The van der Waals surface area contributed by atoms with E-state index >= 15 is 0 Å². The Hall–Kier alpha value is -5.07. The van der Waals surface area contributed by atoms with Crippen LogP contribution in [0.1, 0.15) is 267 Å². The molecule has 4 saturated heterocycles. The van der Waals surface area contributed by atoms with Gasteiger partial charge in [-0.15, -0.1) is 0 Å². The third-order valence-corrected chi connectivity index (χ3v) is 22.3. The van der Waals surface area contributed by atoms with Crippen molar-refractivity contribution in [3.63, 3.8) is 0 Å². The number of nitrogens with one attached hydrogen (secondary N) is 4. The van der Waals surface area contributed by atoms with Crippen molar-refractivity contribution >= 4 is 11.6 Å². The highest BCUT2D eigenvalue weighted by Gasteiger charge is 2.39. The maximum absolute atomic E-state index is 13.9. The number of nitrogens with zero attached hydrogens (tertiary/aromatic N) is 11. The zero-order valence-corrected chi connectivity index (χ0v) is 95.2. The summed E-state index contributed by atoms with van der Waals surface area (Å²) in [6.07, 6.45) is 8.38. The van der Waals surface area contributed by atoms with E-state index in [2.05, 4.69) is 131 Å². The molecule has 4 N–H and O–H groups in total. The van der Waals surface area contributed by atoms with E-state index in [0.717, 1.165) is 187 Å². The summed E-state index contributed by atoms with van der Waals surface area (Å²) in [6.45, 7) is 81.6. The summed E-state index contributed by atoms with van der Waals surface area (Å²) in [7, 11) is 0. The van der Waals surface area contributed by atoms with Gasteiger partial charge in [-0.1, -0.05) is 20.8 Å². The number of hydrogen-bond acceptors (Lipinski definition) is 25. The largest absolute Gasteiger partial charge is 0.486 e. The highest BCUT2D eigenvalue weighted by Crippen LogP contribution is 2.30. The zero-order valence-electron chi connectivity index (χ0n) is 95.2. The number of rotatable bonds is 47. The minimum atomic E-state index is -2.94. The SMILES string of the molecule is CC(C)(C)NCC(F)(F)COC(C)(C)C.CC(C)(C)NCC(F)(F)COc1ccc(C(C)(C)C)nc1.CC(C)(C)NCC(F)(F)COc1ccc(N2CCN(C(C)(C)C)CC2)nc1.CC(C)(C)OCCN1CCN(CCCCOCC(F)(F)COC(C)(C)C)CC1.CC(C)N1CCN(CCCCOCC(F)(F)COC(C)(C)C)CC1.CC(C)OCCN1CCN(c2ccc(OCC(F)(F)CNC(C)(C)C)cn2)CC1. The van der Waals surface area contributed by atoms with Crippen molar-refractivity contribution in [2.45, 2.75) is 364 Å². The van der Waals surface area contributed by atoms with Crippen molar-refractivity contribution in [1.82, 2.24) is 65.6 Å². The van der Waals surface area contributed by atoms with Crippen LogP contribution in [0.25, 0.3) is 0 Å². The van der Waals surface area contributed by atoms with Crippen LogP contribution in [0.4, 0.5) is 64.3 Å². The Morgan fingerprint density at radius 2 is 0.590 bits per heavy atom. The molecular formula is C107H197F12N15O10. The highest BCUT2D eigenvalue weighted by atomic mass is 19.3. The molecule has 37 heteroatoms. The lowest BCUT2D eigenvalue weighted by molar-refractivity contribution is -0.152. The molecule has 0 saturated carbocycles. The number of hydrogen-bond donors (Lipinski definition) is 4. The molecule has 4 aliphatic rings. The van der Waals surface area contributed by atoms with Crippen LogP contribution in [0.15, 0.2) is 55.0 Å². The first kappa shape index (κ1) is 135. The van der Waals surface area contributed by atoms with Gasteiger partial charge < -0.3 is 88.2 Å². The van der Waals surface area contributed by atoms with E-state index in [-0.39, 0.29) is 51.4 Å². The molecule has 0 bridgehead atoms. The van der Waals surface area contributed by atoms with E-state index in [0.29, 0.717) is 36.5 Å². The molecule has 0 unspecified atom stereocenters. The van der Waals surface area contributed by atoms with E-state index in [4.69, 9.17) is 47.4 Å². The van der Waals surface area contributed by atoms with E-state index < -0.39 is 125 Å². The van der Waals surface area contributed by atoms with Crippen LogP contribution < -0.4 is 45.3 Å². The van der Waals surface area contributed by atoms with Gasteiger partial charge in [-0.2, -0.15) is 0 Å².